The van der Waals surface area contributed by atoms with Crippen molar-refractivity contribution in [1.82, 2.24) is 9.88 Å². The molecule has 4 aromatic rings. The van der Waals surface area contributed by atoms with E-state index in [4.69, 9.17) is 4.74 Å². The van der Waals surface area contributed by atoms with E-state index in [1.165, 1.54) is 0 Å². The smallest absolute Gasteiger partial charge is 0.295 e. The lowest BCUT2D eigenvalue weighted by atomic mass is 9.94. The summed E-state index contributed by atoms with van der Waals surface area (Å²) in [4.78, 5) is 31.5. The first-order valence-electron chi connectivity index (χ1n) is 12.2. The van der Waals surface area contributed by atoms with Crippen LogP contribution in [0.5, 0.6) is 5.75 Å². The molecule has 6 nitrogen and oxygen atoms in total. The van der Waals surface area contributed by atoms with Gasteiger partial charge >= 0.3 is 0 Å². The number of nitrogens with zero attached hydrogens (tertiary/aromatic N) is 1. The highest BCUT2D eigenvalue weighted by Gasteiger charge is 2.45. The molecule has 0 radical (unpaired) electrons. The van der Waals surface area contributed by atoms with Crippen molar-refractivity contribution in [2.75, 3.05) is 13.7 Å². The number of aromatic amines is 1. The zero-order valence-corrected chi connectivity index (χ0v) is 22.2. The van der Waals surface area contributed by atoms with Gasteiger partial charge in [0.2, 0.25) is 0 Å². The highest BCUT2D eigenvalue weighted by Crippen LogP contribution is 2.40. The summed E-state index contributed by atoms with van der Waals surface area (Å²) in [7, 11) is 1.63. The monoisotopic (exact) mass is 558 g/mol. The van der Waals surface area contributed by atoms with Crippen LogP contribution in [0.1, 0.15) is 35.2 Å². The summed E-state index contributed by atoms with van der Waals surface area (Å²) < 4.78 is 6.23. The van der Waals surface area contributed by atoms with Gasteiger partial charge in [0.15, 0.2) is 0 Å². The summed E-state index contributed by atoms with van der Waals surface area (Å²) in [5.41, 5.74) is 4.53. The highest BCUT2D eigenvalue weighted by atomic mass is 79.9. The molecule has 1 amide bonds. The number of carbonyl (C=O) groups is 2. The molecule has 1 saturated heterocycles. The van der Waals surface area contributed by atoms with Crippen LogP contribution in [0.2, 0.25) is 0 Å². The number of H-pyrrole nitrogens is 1. The maximum Gasteiger partial charge on any atom is 0.295 e. The molecule has 1 atom stereocenters. The molecule has 1 unspecified atom stereocenters. The maximum atomic E-state index is 13.3. The second-order valence-electron chi connectivity index (χ2n) is 9.07. The number of hydrogen-bond acceptors (Lipinski definition) is 4. The van der Waals surface area contributed by atoms with Crippen LogP contribution in [-0.2, 0) is 22.4 Å². The fourth-order valence-electron chi connectivity index (χ4n) is 4.89. The fourth-order valence-corrected chi connectivity index (χ4v) is 5.15. The molecule has 3 aromatic carbocycles. The van der Waals surface area contributed by atoms with Crippen molar-refractivity contribution >= 4 is 44.3 Å². The summed E-state index contributed by atoms with van der Waals surface area (Å²) in [5, 5.41) is 12.3. The lowest BCUT2D eigenvalue weighted by Gasteiger charge is -2.25. The Morgan fingerprint density at radius 3 is 2.46 bits per heavy atom. The molecule has 0 saturated carbocycles. The van der Waals surface area contributed by atoms with Gasteiger partial charge in [-0.15, -0.1) is 0 Å². The van der Waals surface area contributed by atoms with Crippen LogP contribution in [0.4, 0.5) is 0 Å². The average Bonchev–Trinajstić information content (AvgIpc) is 3.44. The number of carbonyl (C=O) groups excluding carboxylic acids is 2. The zero-order valence-electron chi connectivity index (χ0n) is 20.6. The highest BCUT2D eigenvalue weighted by molar-refractivity contribution is 9.10. The fraction of sp³-hybridized carbons (Fsp3) is 0.200. The molecular weight excluding hydrogens is 532 g/mol. The minimum Gasteiger partial charge on any atom is -0.507 e. The predicted octanol–water partition coefficient (Wildman–Crippen LogP) is 6.17. The lowest BCUT2D eigenvalue weighted by molar-refractivity contribution is -0.139. The van der Waals surface area contributed by atoms with E-state index in [0.29, 0.717) is 18.5 Å². The normalized spacial score (nSPS) is 17.1. The number of aromatic nitrogens is 1. The van der Waals surface area contributed by atoms with Crippen LogP contribution >= 0.6 is 15.9 Å². The molecule has 188 valence electrons. The Hall–Kier alpha value is -3.84. The van der Waals surface area contributed by atoms with Crippen LogP contribution in [0.3, 0.4) is 0 Å². The van der Waals surface area contributed by atoms with E-state index in [1.54, 1.807) is 36.3 Å². The van der Waals surface area contributed by atoms with Crippen molar-refractivity contribution < 1.29 is 19.4 Å². The van der Waals surface area contributed by atoms with Gasteiger partial charge in [0.05, 0.1) is 18.7 Å². The zero-order chi connectivity index (χ0) is 26.1. The Labute approximate surface area is 223 Å². The Balaban J connectivity index is 1.55. The van der Waals surface area contributed by atoms with Crippen LogP contribution in [0.15, 0.2) is 83.0 Å². The number of Topliss-reactive ketones (excluding diaryl/α,β-unsaturated/α-hetero) is 1. The number of nitrogens with one attached hydrogen (secondary N) is 1. The molecule has 2 N–H and O–H groups in total. The van der Waals surface area contributed by atoms with E-state index < -0.39 is 17.7 Å². The van der Waals surface area contributed by atoms with Gasteiger partial charge in [-0.05, 0) is 59.9 Å². The molecular formula is C30H27BrN2O4. The number of methoxy groups -OCH3 is 1. The number of hydrogen-bond donors (Lipinski definition) is 2. The predicted molar refractivity (Wildman–Crippen MR) is 148 cm³/mol. The second-order valence-corrected chi connectivity index (χ2v) is 9.99. The van der Waals surface area contributed by atoms with Crippen LogP contribution < -0.4 is 4.74 Å². The van der Waals surface area contributed by atoms with E-state index in [-0.39, 0.29) is 11.3 Å². The van der Waals surface area contributed by atoms with E-state index in [0.717, 1.165) is 44.2 Å². The number of ether oxygens (including phenoxy) is 1. The topological polar surface area (TPSA) is 82.6 Å². The standard InChI is InChI=1S/C30H27BrN2O4/c1-3-18-4-6-19(7-5-18)27-26(28(34)20-8-10-22(31)11-9-20)29(35)30(36)33(27)15-14-21-17-32-25-13-12-23(37-2)16-24(21)25/h4-13,16-17,27,32,34H,3,14-15H2,1-2H3/b28-26-. The third kappa shape index (κ3) is 4.67. The van der Waals surface area contributed by atoms with Crippen LogP contribution in [0, 0.1) is 0 Å². The minimum atomic E-state index is -0.686. The van der Waals surface area contributed by atoms with Crippen molar-refractivity contribution in [2.45, 2.75) is 25.8 Å². The van der Waals surface area contributed by atoms with Gasteiger partial charge < -0.3 is 19.7 Å². The first-order chi connectivity index (χ1) is 17.9. The number of benzene rings is 3. The van der Waals surface area contributed by atoms with Gasteiger partial charge in [0.1, 0.15) is 11.5 Å². The number of likely N-dealkylation sites (tertiary alicyclic amines) is 1. The third-order valence-corrected chi connectivity index (χ3v) is 7.49. The quantitative estimate of drug-likeness (QED) is 0.161. The van der Waals surface area contributed by atoms with Gasteiger partial charge in [0.25, 0.3) is 11.7 Å². The third-order valence-electron chi connectivity index (χ3n) is 6.96. The van der Waals surface area contributed by atoms with Gasteiger partial charge in [0, 0.05) is 33.7 Å². The summed E-state index contributed by atoms with van der Waals surface area (Å²) in [6.45, 7) is 2.39. The molecule has 1 fully saturated rings. The summed E-state index contributed by atoms with van der Waals surface area (Å²) in [6.07, 6.45) is 3.33. The van der Waals surface area contributed by atoms with Crippen molar-refractivity contribution in [3.8, 4) is 5.75 Å². The molecule has 1 aliphatic rings. The Kier molecular flexibility index (Phi) is 6.89. The summed E-state index contributed by atoms with van der Waals surface area (Å²) in [6, 6.07) is 20.0. The summed E-state index contributed by atoms with van der Waals surface area (Å²) in [5.74, 6) is -0.708. The summed E-state index contributed by atoms with van der Waals surface area (Å²) >= 11 is 3.40. The number of rotatable bonds is 7. The van der Waals surface area contributed by atoms with E-state index >= 15 is 0 Å². The first kappa shape index (κ1) is 24.8. The maximum absolute atomic E-state index is 13.3. The Morgan fingerprint density at radius 2 is 1.78 bits per heavy atom. The molecule has 0 bridgehead atoms. The molecule has 1 aromatic heterocycles. The second kappa shape index (κ2) is 10.3. The number of amides is 1. The Morgan fingerprint density at radius 1 is 1.05 bits per heavy atom. The van der Waals surface area contributed by atoms with Crippen molar-refractivity contribution in [2.24, 2.45) is 0 Å². The van der Waals surface area contributed by atoms with Crippen LogP contribution in [0.25, 0.3) is 16.7 Å². The first-order valence-corrected chi connectivity index (χ1v) is 13.0. The number of fused-ring (bicyclic) bond motifs is 1. The van der Waals surface area contributed by atoms with Gasteiger partial charge in [-0.1, -0.05) is 59.3 Å². The molecule has 5 rings (SSSR count). The minimum absolute atomic E-state index is 0.108. The number of ketones is 1. The molecule has 2 heterocycles. The lowest BCUT2D eigenvalue weighted by Crippen LogP contribution is -2.31. The van der Waals surface area contributed by atoms with Crippen molar-refractivity contribution in [3.05, 3.63) is 105 Å². The average molecular weight is 559 g/mol. The molecule has 0 aliphatic carbocycles. The number of aryl methyl sites for hydroxylation is 1. The van der Waals surface area contributed by atoms with Crippen molar-refractivity contribution in [3.63, 3.8) is 0 Å². The SMILES string of the molecule is CCc1ccc(C2/C(=C(/O)c3ccc(Br)cc3)C(=O)C(=O)N2CCc2c[nH]c3ccc(OC)cc23)cc1. The van der Waals surface area contributed by atoms with E-state index in [9.17, 15) is 14.7 Å². The molecule has 1 aliphatic heterocycles. The van der Waals surface area contributed by atoms with E-state index in [1.807, 2.05) is 48.7 Å². The molecule has 7 heteroatoms. The van der Waals surface area contributed by atoms with Crippen LogP contribution in [-0.4, -0.2) is 40.3 Å². The number of aliphatic hydroxyl groups excluding tert-OH is 1. The number of aliphatic hydroxyl groups is 1. The number of halogens is 1. The molecule has 37 heavy (non-hydrogen) atoms. The van der Waals surface area contributed by atoms with Gasteiger partial charge in [-0.25, -0.2) is 0 Å². The molecule has 0 spiro atoms. The van der Waals surface area contributed by atoms with Gasteiger partial charge in [-0.2, -0.15) is 0 Å². The van der Waals surface area contributed by atoms with Crippen molar-refractivity contribution in [1.29, 1.82) is 0 Å². The Bertz CT molecular complexity index is 1500. The van der Waals surface area contributed by atoms with E-state index in [2.05, 4.69) is 27.8 Å². The van der Waals surface area contributed by atoms with Gasteiger partial charge in [-0.3, -0.25) is 9.59 Å². The largest absolute Gasteiger partial charge is 0.507 e.